The van der Waals surface area contributed by atoms with Gasteiger partial charge in [-0.05, 0) is 36.4 Å². The lowest BCUT2D eigenvalue weighted by Crippen LogP contribution is -2.34. The summed E-state index contributed by atoms with van der Waals surface area (Å²) in [6.45, 7) is -0.385. The van der Waals surface area contributed by atoms with E-state index in [1.165, 1.54) is 25.4 Å². The molecule has 2 aromatic carbocycles. The summed E-state index contributed by atoms with van der Waals surface area (Å²) in [5.74, 6) is -0.933. The van der Waals surface area contributed by atoms with Gasteiger partial charge in [0.05, 0.1) is 18.3 Å². The number of hydrogen-bond donors (Lipinski definition) is 1. The molecule has 3 rings (SSSR count). The van der Waals surface area contributed by atoms with Crippen LogP contribution < -0.4 is 10.1 Å². The largest absolute Gasteiger partial charge is 0.454 e. The summed E-state index contributed by atoms with van der Waals surface area (Å²) in [4.78, 5) is 16.1. The zero-order chi connectivity index (χ0) is 21.2. The molecule has 0 aliphatic heterocycles. The molecule has 0 aliphatic carbocycles. The number of anilines is 1. The van der Waals surface area contributed by atoms with Gasteiger partial charge in [-0.2, -0.15) is 4.31 Å². The van der Waals surface area contributed by atoms with Gasteiger partial charge in [0.15, 0.2) is 11.6 Å². The van der Waals surface area contributed by atoms with Crippen LogP contribution >= 0.6 is 11.6 Å². The molecule has 0 radical (unpaired) electrons. The third kappa shape index (κ3) is 5.20. The van der Waals surface area contributed by atoms with E-state index in [0.717, 1.165) is 16.6 Å². The van der Waals surface area contributed by atoms with E-state index in [9.17, 15) is 17.6 Å². The van der Waals surface area contributed by atoms with E-state index in [-0.39, 0.29) is 18.0 Å². The van der Waals surface area contributed by atoms with E-state index >= 15 is 0 Å². The maximum Gasteiger partial charge on any atom is 0.239 e. The number of aromatic nitrogens is 1. The minimum atomic E-state index is -3.50. The van der Waals surface area contributed by atoms with E-state index in [4.69, 9.17) is 16.3 Å². The van der Waals surface area contributed by atoms with Crippen LogP contribution in [0.2, 0.25) is 5.02 Å². The number of benzene rings is 2. The number of halogens is 2. The summed E-state index contributed by atoms with van der Waals surface area (Å²) >= 11 is 5.96. The Kier molecular flexibility index (Phi) is 6.02. The van der Waals surface area contributed by atoms with Gasteiger partial charge in [0.25, 0.3) is 0 Å². The van der Waals surface area contributed by atoms with Crippen LogP contribution in [0.1, 0.15) is 0 Å². The second-order valence-corrected chi connectivity index (χ2v) is 8.81. The molecule has 0 aliphatic rings. The van der Waals surface area contributed by atoms with Crippen molar-refractivity contribution in [1.82, 2.24) is 9.29 Å². The molecule has 0 bridgehead atoms. The topological polar surface area (TPSA) is 88.6 Å². The standard InChI is InChI=1S/C19H17ClFN3O4S/c1-24(29(2,26)27)11-19(25)23-13-4-6-18(15(21)10-13)28-17-7-8-22-16-9-12(20)3-5-14(16)17/h3-10H,11H2,1-2H3,(H,23,25). The van der Waals surface area contributed by atoms with Crippen LogP contribution in [0.4, 0.5) is 10.1 Å². The molecule has 29 heavy (non-hydrogen) atoms. The maximum atomic E-state index is 14.5. The van der Waals surface area contributed by atoms with E-state index in [1.54, 1.807) is 24.3 Å². The maximum absolute atomic E-state index is 14.5. The average molecular weight is 438 g/mol. The molecular weight excluding hydrogens is 421 g/mol. The Morgan fingerprint density at radius 2 is 1.97 bits per heavy atom. The lowest BCUT2D eigenvalue weighted by Gasteiger charge is -2.14. The van der Waals surface area contributed by atoms with Crippen LogP contribution in [0.15, 0.2) is 48.7 Å². The highest BCUT2D eigenvalue weighted by Gasteiger charge is 2.16. The molecular formula is C19H17ClFN3O4S. The Bertz CT molecular complexity index is 1190. The molecule has 0 unspecified atom stereocenters. The van der Waals surface area contributed by atoms with Gasteiger partial charge in [-0.25, -0.2) is 12.8 Å². The number of hydrogen-bond acceptors (Lipinski definition) is 5. The minimum Gasteiger partial charge on any atom is -0.454 e. The first-order valence-electron chi connectivity index (χ1n) is 8.36. The van der Waals surface area contributed by atoms with Gasteiger partial charge in [0.1, 0.15) is 5.75 Å². The third-order valence-corrected chi connectivity index (χ3v) is 5.53. The van der Waals surface area contributed by atoms with Gasteiger partial charge in [-0.1, -0.05) is 11.6 Å². The summed E-state index contributed by atoms with van der Waals surface area (Å²) in [7, 11) is -2.22. The van der Waals surface area contributed by atoms with Crippen LogP contribution in [-0.4, -0.2) is 43.5 Å². The number of carbonyl (C=O) groups is 1. The Balaban J connectivity index is 1.76. The highest BCUT2D eigenvalue weighted by atomic mass is 35.5. The van der Waals surface area contributed by atoms with Crippen molar-refractivity contribution in [3.8, 4) is 11.5 Å². The fourth-order valence-electron chi connectivity index (χ4n) is 2.48. The molecule has 0 fully saturated rings. The second kappa shape index (κ2) is 8.32. The number of nitrogens with one attached hydrogen (secondary N) is 1. The van der Waals surface area contributed by atoms with Crippen LogP contribution in [0.3, 0.4) is 0 Å². The van der Waals surface area contributed by atoms with E-state index < -0.39 is 21.7 Å². The van der Waals surface area contributed by atoms with Crippen molar-refractivity contribution in [2.45, 2.75) is 0 Å². The summed E-state index contributed by atoms with van der Waals surface area (Å²) in [6, 6.07) is 10.6. The van der Waals surface area contributed by atoms with Crippen molar-refractivity contribution in [3.05, 3.63) is 59.5 Å². The van der Waals surface area contributed by atoms with Crippen molar-refractivity contribution in [1.29, 1.82) is 0 Å². The van der Waals surface area contributed by atoms with E-state index in [0.29, 0.717) is 21.7 Å². The Labute approximate surface area is 172 Å². The molecule has 1 heterocycles. The first kappa shape index (κ1) is 21.0. The molecule has 1 amide bonds. The molecule has 7 nitrogen and oxygen atoms in total. The van der Waals surface area contributed by atoms with Gasteiger partial charge < -0.3 is 10.1 Å². The SMILES string of the molecule is CN(CC(=O)Nc1ccc(Oc2ccnc3cc(Cl)ccc23)c(F)c1)S(C)(=O)=O. The minimum absolute atomic E-state index is 0.0429. The number of sulfonamides is 1. The number of carbonyl (C=O) groups excluding carboxylic acids is 1. The van der Waals surface area contributed by atoms with Crippen molar-refractivity contribution >= 4 is 44.1 Å². The van der Waals surface area contributed by atoms with Crippen LogP contribution in [0.5, 0.6) is 11.5 Å². The Morgan fingerprint density at radius 3 is 2.66 bits per heavy atom. The number of pyridine rings is 1. The van der Waals surface area contributed by atoms with Crippen molar-refractivity contribution in [3.63, 3.8) is 0 Å². The predicted octanol–water partition coefficient (Wildman–Crippen LogP) is 3.65. The van der Waals surface area contributed by atoms with Gasteiger partial charge >= 0.3 is 0 Å². The molecule has 3 aromatic rings. The smallest absolute Gasteiger partial charge is 0.239 e. The number of nitrogens with zero attached hydrogens (tertiary/aromatic N) is 2. The van der Waals surface area contributed by atoms with E-state index in [1.807, 2.05) is 0 Å². The molecule has 0 saturated heterocycles. The highest BCUT2D eigenvalue weighted by molar-refractivity contribution is 7.88. The number of likely N-dealkylation sites (N-methyl/N-ethyl adjacent to an activating group) is 1. The van der Waals surface area contributed by atoms with Crippen LogP contribution in [-0.2, 0) is 14.8 Å². The van der Waals surface area contributed by atoms with Crippen LogP contribution in [0.25, 0.3) is 10.9 Å². The number of ether oxygens (including phenoxy) is 1. The molecule has 1 N–H and O–H groups in total. The molecule has 10 heteroatoms. The molecule has 0 atom stereocenters. The summed E-state index contributed by atoms with van der Waals surface area (Å²) in [6.07, 6.45) is 2.52. The van der Waals surface area contributed by atoms with Gasteiger partial charge in [0, 0.05) is 35.4 Å². The second-order valence-electron chi connectivity index (χ2n) is 6.29. The first-order valence-corrected chi connectivity index (χ1v) is 10.6. The monoisotopic (exact) mass is 437 g/mol. The average Bonchev–Trinajstić information content (AvgIpc) is 2.63. The molecule has 152 valence electrons. The third-order valence-electron chi connectivity index (χ3n) is 4.03. The Hall–Kier alpha value is -2.75. The van der Waals surface area contributed by atoms with Crippen LogP contribution in [0, 0.1) is 5.82 Å². The molecule has 1 aromatic heterocycles. The normalized spacial score (nSPS) is 11.6. The number of fused-ring (bicyclic) bond motifs is 1. The summed E-state index contributed by atoms with van der Waals surface area (Å²) in [5, 5.41) is 3.63. The Morgan fingerprint density at radius 1 is 1.21 bits per heavy atom. The van der Waals surface area contributed by atoms with Gasteiger partial charge in [-0.15, -0.1) is 0 Å². The zero-order valence-corrected chi connectivity index (χ0v) is 17.1. The molecule has 0 saturated carbocycles. The van der Waals surface area contributed by atoms with Crippen molar-refractivity contribution in [2.24, 2.45) is 0 Å². The number of rotatable bonds is 6. The molecule has 0 spiro atoms. The fraction of sp³-hybridized carbons (Fsp3) is 0.158. The van der Waals surface area contributed by atoms with Gasteiger partial charge in [-0.3, -0.25) is 9.78 Å². The highest BCUT2D eigenvalue weighted by Crippen LogP contribution is 2.32. The lowest BCUT2D eigenvalue weighted by atomic mass is 10.2. The summed E-state index contributed by atoms with van der Waals surface area (Å²) in [5.41, 5.74) is 0.780. The quantitative estimate of drug-likeness (QED) is 0.635. The zero-order valence-electron chi connectivity index (χ0n) is 15.5. The van der Waals surface area contributed by atoms with Gasteiger partial charge in [0.2, 0.25) is 15.9 Å². The number of amides is 1. The van der Waals surface area contributed by atoms with E-state index in [2.05, 4.69) is 10.3 Å². The summed E-state index contributed by atoms with van der Waals surface area (Å²) < 4.78 is 43.8. The predicted molar refractivity (Wildman–Crippen MR) is 109 cm³/mol. The first-order chi connectivity index (χ1) is 13.6. The van der Waals surface area contributed by atoms with Crippen molar-refractivity contribution in [2.75, 3.05) is 25.2 Å². The fourth-order valence-corrected chi connectivity index (χ4v) is 3.00. The lowest BCUT2D eigenvalue weighted by molar-refractivity contribution is -0.116. The van der Waals surface area contributed by atoms with Crippen molar-refractivity contribution < 1.29 is 22.3 Å².